The largest absolute Gasteiger partial charge is 0.297 e. The minimum atomic E-state index is -2.85. The quantitative estimate of drug-likeness (QED) is 0.339. The monoisotopic (exact) mass is 450 g/mol. The summed E-state index contributed by atoms with van der Waals surface area (Å²) in [5.41, 5.74) is 4.51. The van der Waals surface area contributed by atoms with Crippen molar-refractivity contribution in [2.45, 2.75) is 23.7 Å². The van der Waals surface area contributed by atoms with E-state index in [-0.39, 0.29) is 12.1 Å². The number of hydrogen-bond acceptors (Lipinski definition) is 4. The van der Waals surface area contributed by atoms with Crippen LogP contribution < -0.4 is 0 Å². The second-order valence-electron chi connectivity index (χ2n) is 8.17. The standard InChI is InChI=1S/C25H24F2N4S/c1-32-22-6-4-5-19(13-22)23-15-29-31-16-20(14-28-24(23)31)18-7-9-21(10-8-18)25(26,27)17-30-11-2-3-12-30/h4-10,13-16H,2-3,11-12,17H2,1H3. The van der Waals surface area contributed by atoms with E-state index < -0.39 is 5.92 Å². The topological polar surface area (TPSA) is 33.4 Å². The van der Waals surface area contributed by atoms with Gasteiger partial charge in [-0.2, -0.15) is 13.9 Å². The fraction of sp³-hybridized carbons (Fsp3) is 0.280. The molecule has 0 atom stereocenters. The van der Waals surface area contributed by atoms with Gasteiger partial charge in [-0.1, -0.05) is 36.4 Å². The minimum absolute atomic E-state index is 0.0530. The number of benzene rings is 2. The van der Waals surface area contributed by atoms with Gasteiger partial charge < -0.3 is 0 Å². The molecule has 0 aliphatic carbocycles. The molecule has 0 radical (unpaired) electrons. The molecule has 3 heterocycles. The molecule has 0 unspecified atom stereocenters. The predicted octanol–water partition coefficient (Wildman–Crippen LogP) is 5.97. The van der Waals surface area contributed by atoms with Crippen LogP contribution >= 0.6 is 11.8 Å². The summed E-state index contributed by atoms with van der Waals surface area (Å²) in [6.45, 7) is 1.30. The number of rotatable bonds is 6. The Labute approximate surface area is 190 Å². The van der Waals surface area contributed by atoms with Crippen molar-refractivity contribution in [2.75, 3.05) is 25.9 Å². The maximum Gasteiger partial charge on any atom is 0.285 e. The van der Waals surface area contributed by atoms with Gasteiger partial charge in [-0.05, 0) is 55.4 Å². The molecular weight excluding hydrogens is 426 g/mol. The van der Waals surface area contributed by atoms with Crippen molar-refractivity contribution in [3.05, 3.63) is 72.7 Å². The van der Waals surface area contributed by atoms with Gasteiger partial charge in [0.2, 0.25) is 0 Å². The van der Waals surface area contributed by atoms with Crippen LogP contribution in [0, 0.1) is 0 Å². The Kier molecular flexibility index (Phi) is 5.69. The molecule has 1 aliphatic rings. The number of likely N-dealkylation sites (tertiary alicyclic amines) is 1. The predicted molar refractivity (Wildman–Crippen MR) is 125 cm³/mol. The van der Waals surface area contributed by atoms with Gasteiger partial charge in [0.05, 0.1) is 12.7 Å². The lowest BCUT2D eigenvalue weighted by Gasteiger charge is -2.23. The summed E-state index contributed by atoms with van der Waals surface area (Å²) in [6, 6.07) is 14.8. The highest BCUT2D eigenvalue weighted by Crippen LogP contribution is 2.32. The van der Waals surface area contributed by atoms with Gasteiger partial charge in [-0.25, -0.2) is 9.50 Å². The van der Waals surface area contributed by atoms with E-state index in [0.29, 0.717) is 0 Å². The summed E-state index contributed by atoms with van der Waals surface area (Å²) in [4.78, 5) is 7.65. The van der Waals surface area contributed by atoms with E-state index in [0.717, 1.165) is 53.8 Å². The molecule has 1 saturated heterocycles. The molecule has 0 spiro atoms. The van der Waals surface area contributed by atoms with Gasteiger partial charge in [0.15, 0.2) is 5.65 Å². The normalized spacial score (nSPS) is 15.0. The molecule has 5 rings (SSSR count). The van der Waals surface area contributed by atoms with Crippen LogP contribution in [0.15, 0.2) is 72.0 Å². The van der Waals surface area contributed by atoms with E-state index in [1.165, 1.54) is 17.0 Å². The van der Waals surface area contributed by atoms with E-state index in [2.05, 4.69) is 22.2 Å². The average Bonchev–Trinajstić information content (AvgIpc) is 3.48. The lowest BCUT2D eigenvalue weighted by atomic mass is 10.0. The van der Waals surface area contributed by atoms with Crippen LogP contribution in [0.1, 0.15) is 18.4 Å². The molecule has 164 valence electrons. The fourth-order valence-electron chi connectivity index (χ4n) is 4.24. The van der Waals surface area contributed by atoms with Crippen molar-refractivity contribution >= 4 is 17.4 Å². The van der Waals surface area contributed by atoms with Crippen LogP contribution in [0.2, 0.25) is 0 Å². The highest BCUT2D eigenvalue weighted by atomic mass is 32.2. The number of halogens is 2. The van der Waals surface area contributed by atoms with Crippen LogP contribution in [0.25, 0.3) is 27.9 Å². The first-order chi connectivity index (χ1) is 15.5. The number of alkyl halides is 2. The summed E-state index contributed by atoms with van der Waals surface area (Å²) >= 11 is 1.69. The molecular formula is C25H24F2N4S. The van der Waals surface area contributed by atoms with Crippen LogP contribution in [0.5, 0.6) is 0 Å². The zero-order valence-corrected chi connectivity index (χ0v) is 18.7. The summed E-state index contributed by atoms with van der Waals surface area (Å²) in [5.74, 6) is -2.85. The first kappa shape index (κ1) is 21.1. The number of fused-ring (bicyclic) bond motifs is 1. The third-order valence-corrected chi connectivity index (χ3v) is 6.72. The second-order valence-corrected chi connectivity index (χ2v) is 9.05. The zero-order valence-electron chi connectivity index (χ0n) is 17.8. The Morgan fingerprint density at radius 3 is 2.50 bits per heavy atom. The van der Waals surface area contributed by atoms with Crippen LogP contribution in [-0.4, -0.2) is 45.4 Å². The minimum Gasteiger partial charge on any atom is -0.297 e. The van der Waals surface area contributed by atoms with Crippen molar-refractivity contribution in [1.29, 1.82) is 0 Å². The van der Waals surface area contributed by atoms with Crippen LogP contribution in [0.4, 0.5) is 8.78 Å². The van der Waals surface area contributed by atoms with Crippen molar-refractivity contribution in [3.63, 3.8) is 0 Å². The second kappa shape index (κ2) is 8.64. The van der Waals surface area contributed by atoms with Crippen LogP contribution in [-0.2, 0) is 5.92 Å². The lowest BCUT2D eigenvalue weighted by molar-refractivity contribution is -0.0327. The van der Waals surface area contributed by atoms with Gasteiger partial charge in [0.25, 0.3) is 5.92 Å². The Hall–Kier alpha value is -2.77. The van der Waals surface area contributed by atoms with Crippen molar-refractivity contribution in [2.24, 2.45) is 0 Å². The maximum atomic E-state index is 14.7. The Bertz CT molecular complexity index is 1230. The Morgan fingerprint density at radius 1 is 0.969 bits per heavy atom. The van der Waals surface area contributed by atoms with Gasteiger partial charge in [0.1, 0.15) is 0 Å². The van der Waals surface area contributed by atoms with Gasteiger partial charge >= 0.3 is 0 Å². The summed E-state index contributed by atoms with van der Waals surface area (Å²) in [5, 5.41) is 4.47. The number of hydrogen-bond donors (Lipinski definition) is 0. The zero-order chi connectivity index (χ0) is 22.1. The Morgan fingerprint density at radius 2 is 1.75 bits per heavy atom. The van der Waals surface area contributed by atoms with Gasteiger partial charge in [-0.3, -0.25) is 4.90 Å². The number of nitrogens with zero attached hydrogens (tertiary/aromatic N) is 4. The van der Waals surface area contributed by atoms with Crippen molar-refractivity contribution in [1.82, 2.24) is 19.5 Å². The molecule has 7 heteroatoms. The highest BCUT2D eigenvalue weighted by molar-refractivity contribution is 7.98. The van der Waals surface area contributed by atoms with Crippen LogP contribution in [0.3, 0.4) is 0 Å². The third kappa shape index (κ3) is 4.14. The highest BCUT2D eigenvalue weighted by Gasteiger charge is 2.34. The third-order valence-electron chi connectivity index (χ3n) is 6.00. The average molecular weight is 451 g/mol. The first-order valence-electron chi connectivity index (χ1n) is 10.7. The number of aromatic nitrogens is 3. The molecule has 32 heavy (non-hydrogen) atoms. The van der Waals surface area contributed by atoms with E-state index in [9.17, 15) is 8.78 Å². The van der Waals surface area contributed by atoms with Gasteiger partial charge in [-0.15, -0.1) is 11.8 Å². The molecule has 0 N–H and O–H groups in total. The molecule has 0 bridgehead atoms. The summed E-state index contributed by atoms with van der Waals surface area (Å²) in [6.07, 6.45) is 9.53. The van der Waals surface area contributed by atoms with E-state index in [1.807, 2.05) is 35.7 Å². The molecule has 2 aromatic heterocycles. The van der Waals surface area contributed by atoms with E-state index in [1.54, 1.807) is 34.6 Å². The summed E-state index contributed by atoms with van der Waals surface area (Å²) < 4.78 is 31.1. The molecule has 4 aromatic rings. The molecule has 0 amide bonds. The molecule has 2 aromatic carbocycles. The Balaban J connectivity index is 1.40. The van der Waals surface area contributed by atoms with E-state index in [4.69, 9.17) is 0 Å². The van der Waals surface area contributed by atoms with Crippen molar-refractivity contribution in [3.8, 4) is 22.3 Å². The van der Waals surface area contributed by atoms with Gasteiger partial charge in [0, 0.05) is 34.0 Å². The molecule has 1 aliphatic heterocycles. The molecule has 0 saturated carbocycles. The number of thioether (sulfide) groups is 1. The molecule has 1 fully saturated rings. The van der Waals surface area contributed by atoms with E-state index >= 15 is 0 Å². The lowest BCUT2D eigenvalue weighted by Crippen LogP contribution is -2.33. The smallest absolute Gasteiger partial charge is 0.285 e. The SMILES string of the molecule is CSc1cccc(-c2cnn3cc(-c4ccc(C(F)(F)CN5CCCC5)cc4)cnc23)c1. The molecule has 4 nitrogen and oxygen atoms in total. The maximum absolute atomic E-state index is 14.7. The first-order valence-corrected chi connectivity index (χ1v) is 11.9. The summed E-state index contributed by atoms with van der Waals surface area (Å²) in [7, 11) is 0. The van der Waals surface area contributed by atoms with Crippen molar-refractivity contribution < 1.29 is 8.78 Å². The fourth-order valence-corrected chi connectivity index (χ4v) is 4.70.